The highest BCUT2D eigenvalue weighted by Crippen LogP contribution is 2.23. The molecule has 0 aliphatic heterocycles. The zero-order valence-electron chi connectivity index (χ0n) is 14.1. The summed E-state index contributed by atoms with van der Waals surface area (Å²) in [7, 11) is 0. The molecule has 2 aromatic carbocycles. The lowest BCUT2D eigenvalue weighted by atomic mass is 9.93. The number of carboxylic acid groups (broad SMARTS) is 1. The van der Waals surface area contributed by atoms with Gasteiger partial charge in [-0.15, -0.1) is 0 Å². The van der Waals surface area contributed by atoms with Crippen LogP contribution < -0.4 is 5.32 Å². The van der Waals surface area contributed by atoms with E-state index in [1.807, 2.05) is 43.3 Å². The smallest absolute Gasteiger partial charge is 0.303 e. The van der Waals surface area contributed by atoms with E-state index in [9.17, 15) is 9.59 Å². The maximum Gasteiger partial charge on any atom is 0.303 e. The van der Waals surface area contributed by atoms with E-state index in [-0.39, 0.29) is 18.2 Å². The van der Waals surface area contributed by atoms with E-state index in [2.05, 4.69) is 24.4 Å². The Hall–Kier alpha value is -2.62. The Morgan fingerprint density at radius 1 is 1.12 bits per heavy atom. The summed E-state index contributed by atoms with van der Waals surface area (Å²) >= 11 is 0. The van der Waals surface area contributed by atoms with Crippen molar-refractivity contribution in [3.63, 3.8) is 0 Å². The molecule has 0 bridgehead atoms. The van der Waals surface area contributed by atoms with Crippen LogP contribution in [0.3, 0.4) is 0 Å². The first-order valence-corrected chi connectivity index (χ1v) is 8.12. The standard InChI is InChI=1S/C20H23NO3/c1-14-6-3-4-9-18(14)15(2)12-19(22)21-17-8-5-7-16(13-17)10-11-20(23)24/h3-9,13,15H,10-12H2,1-2H3,(H,21,22)(H,23,24). The van der Waals surface area contributed by atoms with Crippen molar-refractivity contribution < 1.29 is 14.7 Å². The second-order valence-electron chi connectivity index (χ2n) is 6.10. The maximum absolute atomic E-state index is 12.3. The molecule has 24 heavy (non-hydrogen) atoms. The van der Waals surface area contributed by atoms with E-state index in [0.717, 1.165) is 5.56 Å². The fourth-order valence-electron chi connectivity index (χ4n) is 2.80. The topological polar surface area (TPSA) is 66.4 Å². The molecular weight excluding hydrogens is 302 g/mol. The fourth-order valence-corrected chi connectivity index (χ4v) is 2.80. The molecule has 2 aromatic rings. The van der Waals surface area contributed by atoms with Gasteiger partial charge in [0, 0.05) is 18.5 Å². The summed E-state index contributed by atoms with van der Waals surface area (Å²) in [6.07, 6.45) is 0.949. The number of hydrogen-bond acceptors (Lipinski definition) is 2. The van der Waals surface area contributed by atoms with Gasteiger partial charge in [-0.1, -0.05) is 43.3 Å². The van der Waals surface area contributed by atoms with Crippen LogP contribution in [0.5, 0.6) is 0 Å². The minimum atomic E-state index is -0.823. The summed E-state index contributed by atoms with van der Waals surface area (Å²) < 4.78 is 0. The number of rotatable bonds is 7. The van der Waals surface area contributed by atoms with Crippen molar-refractivity contribution >= 4 is 17.6 Å². The SMILES string of the molecule is Cc1ccccc1C(C)CC(=O)Nc1cccc(CCC(=O)O)c1. The summed E-state index contributed by atoms with van der Waals surface area (Å²) in [5.41, 5.74) is 3.98. The number of aliphatic carboxylic acids is 1. The number of amides is 1. The minimum Gasteiger partial charge on any atom is -0.481 e. The van der Waals surface area contributed by atoms with Gasteiger partial charge in [-0.3, -0.25) is 9.59 Å². The Morgan fingerprint density at radius 2 is 1.88 bits per heavy atom. The number of benzene rings is 2. The fraction of sp³-hybridized carbons (Fsp3) is 0.300. The molecule has 4 heteroatoms. The lowest BCUT2D eigenvalue weighted by Gasteiger charge is -2.14. The molecule has 0 aliphatic carbocycles. The quantitative estimate of drug-likeness (QED) is 0.804. The van der Waals surface area contributed by atoms with Crippen molar-refractivity contribution in [3.05, 3.63) is 65.2 Å². The van der Waals surface area contributed by atoms with E-state index >= 15 is 0 Å². The van der Waals surface area contributed by atoms with Gasteiger partial charge < -0.3 is 10.4 Å². The Kier molecular flexibility index (Phi) is 6.13. The molecule has 0 saturated carbocycles. The normalized spacial score (nSPS) is 11.8. The molecule has 0 radical (unpaired) electrons. The second-order valence-corrected chi connectivity index (χ2v) is 6.10. The van der Waals surface area contributed by atoms with Gasteiger partial charge in [-0.05, 0) is 48.1 Å². The molecule has 0 fully saturated rings. The van der Waals surface area contributed by atoms with Crippen LogP contribution in [0.1, 0.15) is 42.4 Å². The van der Waals surface area contributed by atoms with Gasteiger partial charge in [0.1, 0.15) is 0 Å². The van der Waals surface area contributed by atoms with Gasteiger partial charge in [0.05, 0.1) is 0 Å². The van der Waals surface area contributed by atoms with Crippen LogP contribution in [-0.2, 0) is 16.0 Å². The Balaban J connectivity index is 1.96. The molecule has 4 nitrogen and oxygen atoms in total. The second kappa shape index (κ2) is 8.29. The first kappa shape index (κ1) is 17.7. The Labute approximate surface area is 142 Å². The zero-order valence-corrected chi connectivity index (χ0v) is 14.1. The van der Waals surface area contributed by atoms with Gasteiger partial charge in [0.2, 0.25) is 5.91 Å². The third kappa shape index (κ3) is 5.23. The van der Waals surface area contributed by atoms with Crippen LogP contribution in [0.25, 0.3) is 0 Å². The summed E-state index contributed by atoms with van der Waals surface area (Å²) in [5.74, 6) is -0.723. The van der Waals surface area contributed by atoms with Crippen molar-refractivity contribution in [3.8, 4) is 0 Å². The Bertz CT molecular complexity index is 724. The molecule has 1 atom stereocenters. The van der Waals surface area contributed by atoms with Crippen LogP contribution in [0, 0.1) is 6.92 Å². The number of hydrogen-bond donors (Lipinski definition) is 2. The van der Waals surface area contributed by atoms with Crippen molar-refractivity contribution in [1.82, 2.24) is 0 Å². The summed E-state index contributed by atoms with van der Waals surface area (Å²) in [4.78, 5) is 22.9. The largest absolute Gasteiger partial charge is 0.481 e. The van der Waals surface area contributed by atoms with Crippen LogP contribution >= 0.6 is 0 Å². The highest BCUT2D eigenvalue weighted by Gasteiger charge is 2.13. The molecule has 0 spiro atoms. The lowest BCUT2D eigenvalue weighted by Crippen LogP contribution is -2.15. The van der Waals surface area contributed by atoms with E-state index in [4.69, 9.17) is 5.11 Å². The predicted molar refractivity (Wildman–Crippen MR) is 95.2 cm³/mol. The number of carbonyl (C=O) groups excluding carboxylic acids is 1. The molecule has 2 rings (SSSR count). The van der Waals surface area contributed by atoms with Crippen LogP contribution in [-0.4, -0.2) is 17.0 Å². The third-order valence-electron chi connectivity index (χ3n) is 4.05. The van der Waals surface area contributed by atoms with Crippen molar-refractivity contribution in [2.75, 3.05) is 5.32 Å². The molecule has 0 heterocycles. The summed E-state index contributed by atoms with van der Waals surface area (Å²) in [5, 5.41) is 11.7. The number of nitrogens with one attached hydrogen (secondary N) is 1. The lowest BCUT2D eigenvalue weighted by molar-refractivity contribution is -0.137. The van der Waals surface area contributed by atoms with Gasteiger partial charge in [-0.25, -0.2) is 0 Å². The highest BCUT2D eigenvalue weighted by atomic mass is 16.4. The summed E-state index contributed by atoms with van der Waals surface area (Å²) in [6, 6.07) is 15.4. The van der Waals surface area contributed by atoms with Gasteiger partial charge in [0.25, 0.3) is 0 Å². The van der Waals surface area contributed by atoms with Crippen LogP contribution in [0.15, 0.2) is 48.5 Å². The third-order valence-corrected chi connectivity index (χ3v) is 4.05. The first-order valence-electron chi connectivity index (χ1n) is 8.12. The number of carbonyl (C=O) groups is 2. The van der Waals surface area contributed by atoms with E-state index < -0.39 is 5.97 Å². The number of carboxylic acids is 1. The average Bonchev–Trinajstić information content (AvgIpc) is 2.53. The summed E-state index contributed by atoms with van der Waals surface area (Å²) in [6.45, 7) is 4.10. The average molecular weight is 325 g/mol. The molecule has 0 saturated heterocycles. The van der Waals surface area contributed by atoms with Gasteiger partial charge in [-0.2, -0.15) is 0 Å². The van der Waals surface area contributed by atoms with Crippen molar-refractivity contribution in [1.29, 1.82) is 0 Å². The predicted octanol–water partition coefficient (Wildman–Crippen LogP) is 4.14. The molecule has 1 unspecified atom stereocenters. The molecule has 1 amide bonds. The molecular formula is C20H23NO3. The van der Waals surface area contributed by atoms with E-state index in [1.54, 1.807) is 0 Å². The van der Waals surface area contributed by atoms with E-state index in [1.165, 1.54) is 11.1 Å². The molecule has 126 valence electrons. The van der Waals surface area contributed by atoms with Gasteiger partial charge in [0.15, 0.2) is 0 Å². The molecule has 0 aliphatic rings. The van der Waals surface area contributed by atoms with Crippen molar-refractivity contribution in [2.45, 2.75) is 39.0 Å². The highest BCUT2D eigenvalue weighted by molar-refractivity contribution is 5.91. The molecule has 2 N–H and O–H groups in total. The van der Waals surface area contributed by atoms with Crippen LogP contribution in [0.4, 0.5) is 5.69 Å². The minimum absolute atomic E-state index is 0.0406. The monoisotopic (exact) mass is 325 g/mol. The molecule has 0 aromatic heterocycles. The number of anilines is 1. The first-order chi connectivity index (χ1) is 11.5. The number of aryl methyl sites for hydroxylation is 2. The van der Waals surface area contributed by atoms with Crippen molar-refractivity contribution in [2.24, 2.45) is 0 Å². The van der Waals surface area contributed by atoms with Crippen LogP contribution in [0.2, 0.25) is 0 Å². The Morgan fingerprint density at radius 3 is 2.58 bits per heavy atom. The van der Waals surface area contributed by atoms with Gasteiger partial charge >= 0.3 is 5.97 Å². The van der Waals surface area contributed by atoms with E-state index in [0.29, 0.717) is 18.5 Å². The maximum atomic E-state index is 12.3. The zero-order chi connectivity index (χ0) is 17.5.